The van der Waals surface area contributed by atoms with Crippen LogP contribution in [0.25, 0.3) is 0 Å². The maximum Gasteiger partial charge on any atom is 0.152 e. The minimum Gasteiger partial charge on any atom is -0.374 e. The second kappa shape index (κ2) is 6.48. The maximum atomic E-state index is 11.0. The zero-order valence-corrected chi connectivity index (χ0v) is 11.0. The Morgan fingerprint density at radius 3 is 2.88 bits per heavy atom. The van der Waals surface area contributed by atoms with Crippen LogP contribution >= 0.6 is 15.9 Å². The highest BCUT2D eigenvalue weighted by molar-refractivity contribution is 9.10. The Balaban J connectivity index is 2.77. The molecule has 0 aromatic heterocycles. The fraction of sp³-hybridized carbons (Fsp3) is 0.308. The van der Waals surface area contributed by atoms with Crippen LogP contribution in [0, 0.1) is 0 Å². The van der Waals surface area contributed by atoms with Crippen LogP contribution < -0.4 is 4.90 Å². The molecule has 0 saturated heterocycles. The first-order chi connectivity index (χ1) is 7.69. The number of carbonyl (C=O) groups is 1. The van der Waals surface area contributed by atoms with Crippen molar-refractivity contribution in [2.75, 3.05) is 18.5 Å². The molecule has 2 nitrogen and oxygen atoms in total. The van der Waals surface area contributed by atoms with Gasteiger partial charge in [0.05, 0.1) is 0 Å². The molecule has 0 aliphatic rings. The zero-order valence-electron chi connectivity index (χ0n) is 9.45. The van der Waals surface area contributed by atoms with Crippen molar-refractivity contribution in [3.8, 4) is 0 Å². The summed E-state index contributed by atoms with van der Waals surface area (Å²) < 4.78 is 0.929. The number of anilines is 1. The monoisotopic (exact) mass is 281 g/mol. The van der Waals surface area contributed by atoms with Crippen LogP contribution in [-0.4, -0.2) is 19.9 Å². The Kier molecular flexibility index (Phi) is 5.26. The Hall–Kier alpha value is -1.09. The van der Waals surface area contributed by atoms with E-state index in [1.54, 1.807) is 0 Å². The number of allylic oxidation sites excluding steroid dienone is 1. The third kappa shape index (κ3) is 3.49. The van der Waals surface area contributed by atoms with E-state index in [4.69, 9.17) is 0 Å². The molecule has 1 aromatic carbocycles. The molecule has 0 radical (unpaired) electrons. The first-order valence-corrected chi connectivity index (χ1v) is 6.05. The third-order valence-corrected chi connectivity index (χ3v) is 2.92. The molecule has 16 heavy (non-hydrogen) atoms. The van der Waals surface area contributed by atoms with E-state index in [2.05, 4.69) is 27.4 Å². The van der Waals surface area contributed by atoms with Gasteiger partial charge in [-0.05, 0) is 31.0 Å². The van der Waals surface area contributed by atoms with Crippen LogP contribution in [0.5, 0.6) is 0 Å². The third-order valence-electron chi connectivity index (χ3n) is 2.43. The number of hydrogen-bond donors (Lipinski definition) is 0. The van der Waals surface area contributed by atoms with Gasteiger partial charge < -0.3 is 4.90 Å². The van der Waals surface area contributed by atoms with Gasteiger partial charge in [0.1, 0.15) is 0 Å². The van der Waals surface area contributed by atoms with Crippen molar-refractivity contribution in [1.29, 1.82) is 0 Å². The SMILES string of the molecule is C=CCCCN(C)c1ccc(Br)cc1C=O. The first kappa shape index (κ1) is 13.0. The highest BCUT2D eigenvalue weighted by atomic mass is 79.9. The van der Waals surface area contributed by atoms with Crippen LogP contribution in [-0.2, 0) is 0 Å². The van der Waals surface area contributed by atoms with E-state index in [-0.39, 0.29) is 0 Å². The average molecular weight is 282 g/mol. The largest absolute Gasteiger partial charge is 0.374 e. The zero-order chi connectivity index (χ0) is 12.0. The molecule has 0 spiro atoms. The van der Waals surface area contributed by atoms with E-state index in [0.717, 1.165) is 41.4 Å². The molecule has 0 bridgehead atoms. The number of unbranched alkanes of at least 4 members (excludes halogenated alkanes) is 1. The van der Waals surface area contributed by atoms with Crippen molar-refractivity contribution in [1.82, 2.24) is 0 Å². The Morgan fingerprint density at radius 1 is 1.50 bits per heavy atom. The van der Waals surface area contributed by atoms with Crippen molar-refractivity contribution in [2.24, 2.45) is 0 Å². The minimum absolute atomic E-state index is 0.718. The van der Waals surface area contributed by atoms with Gasteiger partial charge in [0.25, 0.3) is 0 Å². The summed E-state index contributed by atoms with van der Waals surface area (Å²) in [7, 11) is 2.00. The Bertz CT molecular complexity index is 376. The van der Waals surface area contributed by atoms with E-state index in [9.17, 15) is 4.79 Å². The summed E-state index contributed by atoms with van der Waals surface area (Å²) in [5.41, 5.74) is 1.69. The molecular weight excluding hydrogens is 266 g/mol. The molecule has 1 aromatic rings. The smallest absolute Gasteiger partial charge is 0.152 e. The number of benzene rings is 1. The van der Waals surface area contributed by atoms with Crippen molar-refractivity contribution in [3.05, 3.63) is 40.9 Å². The van der Waals surface area contributed by atoms with Crippen LogP contribution in [0.4, 0.5) is 5.69 Å². The van der Waals surface area contributed by atoms with Gasteiger partial charge in [-0.1, -0.05) is 22.0 Å². The Morgan fingerprint density at radius 2 is 2.25 bits per heavy atom. The maximum absolute atomic E-state index is 11.0. The summed E-state index contributed by atoms with van der Waals surface area (Å²) in [5.74, 6) is 0. The fourth-order valence-corrected chi connectivity index (χ4v) is 1.94. The minimum atomic E-state index is 0.718. The lowest BCUT2D eigenvalue weighted by atomic mass is 10.1. The molecule has 0 atom stereocenters. The summed E-state index contributed by atoms with van der Waals surface area (Å²) in [4.78, 5) is 13.0. The molecule has 3 heteroatoms. The average Bonchev–Trinajstić information content (AvgIpc) is 2.29. The van der Waals surface area contributed by atoms with Gasteiger partial charge in [0.15, 0.2) is 6.29 Å². The van der Waals surface area contributed by atoms with Gasteiger partial charge in [-0.25, -0.2) is 0 Å². The summed E-state index contributed by atoms with van der Waals surface area (Å²) >= 11 is 3.36. The van der Waals surface area contributed by atoms with Crippen molar-refractivity contribution >= 4 is 27.9 Å². The number of aldehydes is 1. The number of nitrogens with zero attached hydrogens (tertiary/aromatic N) is 1. The molecule has 0 aliphatic carbocycles. The predicted molar refractivity (Wildman–Crippen MR) is 72.2 cm³/mol. The summed E-state index contributed by atoms with van der Waals surface area (Å²) in [5, 5.41) is 0. The van der Waals surface area contributed by atoms with Crippen LogP contribution in [0.2, 0.25) is 0 Å². The van der Waals surface area contributed by atoms with Gasteiger partial charge in [-0.2, -0.15) is 0 Å². The molecule has 0 heterocycles. The summed E-state index contributed by atoms with van der Waals surface area (Å²) in [6.07, 6.45) is 4.85. The van der Waals surface area contributed by atoms with Crippen molar-refractivity contribution < 1.29 is 4.79 Å². The van der Waals surface area contributed by atoms with Gasteiger partial charge in [0, 0.05) is 29.3 Å². The van der Waals surface area contributed by atoms with Gasteiger partial charge in [-0.3, -0.25) is 4.79 Å². The summed E-state index contributed by atoms with van der Waals surface area (Å²) in [6.45, 7) is 4.62. The number of halogens is 1. The standard InChI is InChI=1S/C13H16BrNO/c1-3-4-5-8-15(2)13-7-6-12(14)9-11(13)10-16/h3,6-7,9-10H,1,4-5,8H2,2H3. The lowest BCUT2D eigenvalue weighted by molar-refractivity contribution is 0.112. The van der Waals surface area contributed by atoms with Gasteiger partial charge >= 0.3 is 0 Å². The number of carbonyl (C=O) groups excluding carboxylic acids is 1. The quantitative estimate of drug-likeness (QED) is 0.451. The van der Waals surface area contributed by atoms with E-state index in [0.29, 0.717) is 0 Å². The predicted octanol–water partition coefficient (Wildman–Crippen LogP) is 3.66. The van der Waals surface area contributed by atoms with Gasteiger partial charge in [-0.15, -0.1) is 6.58 Å². The van der Waals surface area contributed by atoms with E-state index >= 15 is 0 Å². The molecule has 0 saturated carbocycles. The fourth-order valence-electron chi connectivity index (χ4n) is 1.56. The van der Waals surface area contributed by atoms with Crippen LogP contribution in [0.3, 0.4) is 0 Å². The lowest BCUT2D eigenvalue weighted by Crippen LogP contribution is -2.19. The number of rotatable bonds is 6. The number of hydrogen-bond acceptors (Lipinski definition) is 2. The molecule has 0 fully saturated rings. The van der Waals surface area contributed by atoms with E-state index in [1.165, 1.54) is 0 Å². The van der Waals surface area contributed by atoms with E-state index < -0.39 is 0 Å². The second-order valence-corrected chi connectivity index (χ2v) is 4.59. The van der Waals surface area contributed by atoms with Crippen molar-refractivity contribution in [2.45, 2.75) is 12.8 Å². The lowest BCUT2D eigenvalue weighted by Gasteiger charge is -2.20. The van der Waals surface area contributed by atoms with Crippen LogP contribution in [0.1, 0.15) is 23.2 Å². The highest BCUT2D eigenvalue weighted by Crippen LogP contribution is 2.22. The van der Waals surface area contributed by atoms with Gasteiger partial charge in [0.2, 0.25) is 0 Å². The van der Waals surface area contributed by atoms with E-state index in [1.807, 2.05) is 31.3 Å². The van der Waals surface area contributed by atoms with Crippen molar-refractivity contribution in [3.63, 3.8) is 0 Å². The normalized spacial score (nSPS) is 9.88. The second-order valence-electron chi connectivity index (χ2n) is 3.67. The molecule has 1 rings (SSSR count). The molecule has 0 amide bonds. The molecule has 0 aliphatic heterocycles. The first-order valence-electron chi connectivity index (χ1n) is 5.25. The molecule has 86 valence electrons. The van der Waals surface area contributed by atoms with Crippen LogP contribution in [0.15, 0.2) is 35.3 Å². The molecule has 0 unspecified atom stereocenters. The Labute approximate surface area is 105 Å². The highest BCUT2D eigenvalue weighted by Gasteiger charge is 2.06. The summed E-state index contributed by atoms with van der Waals surface area (Å²) in [6, 6.07) is 5.75. The molecular formula is C13H16BrNO. The topological polar surface area (TPSA) is 20.3 Å². The molecule has 0 N–H and O–H groups in total.